The first-order chi connectivity index (χ1) is 10.6. The normalized spacial score (nSPS) is 10.8. The quantitative estimate of drug-likeness (QED) is 0.450. The Hall–Kier alpha value is -2.12. The molecule has 2 heterocycles. The molecule has 0 saturated heterocycles. The predicted octanol–water partition coefficient (Wildman–Crippen LogP) is 3.14. The second-order valence-corrected chi connectivity index (χ2v) is 5.79. The topological polar surface area (TPSA) is 69.6 Å². The summed E-state index contributed by atoms with van der Waals surface area (Å²) in [5.74, 6) is 6.82. The van der Waals surface area contributed by atoms with Gasteiger partial charge in [-0.05, 0) is 35.9 Å². The van der Waals surface area contributed by atoms with Crippen molar-refractivity contribution in [3.05, 3.63) is 59.1 Å². The molecular formula is C14H11ClFN5S. The van der Waals surface area contributed by atoms with Crippen molar-refractivity contribution in [1.29, 1.82) is 0 Å². The maximum atomic E-state index is 13.0. The molecular weight excluding hydrogens is 325 g/mol. The van der Waals surface area contributed by atoms with E-state index in [1.165, 1.54) is 28.6 Å². The Morgan fingerprint density at radius 3 is 2.59 bits per heavy atom. The molecule has 0 fully saturated rings. The highest BCUT2D eigenvalue weighted by Crippen LogP contribution is 2.24. The van der Waals surface area contributed by atoms with Gasteiger partial charge in [-0.15, -0.1) is 10.2 Å². The van der Waals surface area contributed by atoms with Gasteiger partial charge in [0.05, 0.1) is 0 Å². The number of aromatic nitrogens is 4. The molecule has 0 spiro atoms. The van der Waals surface area contributed by atoms with E-state index in [4.69, 9.17) is 17.4 Å². The lowest BCUT2D eigenvalue weighted by Gasteiger charge is -2.04. The third kappa shape index (κ3) is 3.20. The van der Waals surface area contributed by atoms with Crippen molar-refractivity contribution in [1.82, 2.24) is 19.9 Å². The molecule has 0 atom stereocenters. The summed E-state index contributed by atoms with van der Waals surface area (Å²) < 4.78 is 14.3. The zero-order chi connectivity index (χ0) is 15.5. The third-order valence-electron chi connectivity index (χ3n) is 2.92. The highest BCUT2D eigenvalue weighted by atomic mass is 35.5. The Morgan fingerprint density at radius 2 is 1.91 bits per heavy atom. The van der Waals surface area contributed by atoms with E-state index in [1.807, 2.05) is 6.07 Å². The van der Waals surface area contributed by atoms with Gasteiger partial charge in [0.15, 0.2) is 5.82 Å². The molecule has 0 radical (unpaired) electrons. The fraction of sp³-hybridized carbons (Fsp3) is 0.0714. The first-order valence-electron chi connectivity index (χ1n) is 6.33. The Balaban J connectivity index is 1.75. The molecule has 0 amide bonds. The van der Waals surface area contributed by atoms with E-state index in [0.717, 1.165) is 5.56 Å². The van der Waals surface area contributed by atoms with E-state index >= 15 is 0 Å². The highest BCUT2D eigenvalue weighted by Gasteiger charge is 2.12. The number of hydrogen-bond acceptors (Lipinski definition) is 5. The van der Waals surface area contributed by atoms with Crippen molar-refractivity contribution < 1.29 is 4.39 Å². The lowest BCUT2D eigenvalue weighted by molar-refractivity contribution is 0.628. The van der Waals surface area contributed by atoms with Crippen LogP contribution < -0.4 is 5.84 Å². The van der Waals surface area contributed by atoms with E-state index in [9.17, 15) is 4.39 Å². The average molecular weight is 336 g/mol. The van der Waals surface area contributed by atoms with Crippen LogP contribution >= 0.6 is 23.4 Å². The first kappa shape index (κ1) is 14.8. The Labute approximate surface area is 135 Å². The van der Waals surface area contributed by atoms with Gasteiger partial charge >= 0.3 is 0 Å². The van der Waals surface area contributed by atoms with E-state index in [-0.39, 0.29) is 5.82 Å². The number of benzene rings is 1. The number of halogens is 2. The molecule has 112 valence electrons. The summed E-state index contributed by atoms with van der Waals surface area (Å²) in [7, 11) is 0. The summed E-state index contributed by atoms with van der Waals surface area (Å²) in [6.45, 7) is 0. The van der Waals surface area contributed by atoms with Crippen molar-refractivity contribution in [2.75, 3.05) is 5.84 Å². The Kier molecular flexibility index (Phi) is 4.26. The molecule has 22 heavy (non-hydrogen) atoms. The molecule has 8 heteroatoms. The van der Waals surface area contributed by atoms with Crippen LogP contribution in [0.5, 0.6) is 0 Å². The van der Waals surface area contributed by atoms with Crippen LogP contribution in [0.25, 0.3) is 11.4 Å². The summed E-state index contributed by atoms with van der Waals surface area (Å²) in [6, 6.07) is 9.56. The monoisotopic (exact) mass is 335 g/mol. The average Bonchev–Trinajstić information content (AvgIpc) is 2.89. The van der Waals surface area contributed by atoms with Crippen LogP contribution in [0.15, 0.2) is 47.8 Å². The summed E-state index contributed by atoms with van der Waals surface area (Å²) in [5, 5.41) is 9.13. The van der Waals surface area contributed by atoms with E-state index in [0.29, 0.717) is 27.5 Å². The molecule has 0 saturated carbocycles. The lowest BCUT2D eigenvalue weighted by atomic mass is 10.2. The van der Waals surface area contributed by atoms with Crippen molar-refractivity contribution in [2.45, 2.75) is 10.9 Å². The van der Waals surface area contributed by atoms with E-state index < -0.39 is 0 Å². The van der Waals surface area contributed by atoms with Gasteiger partial charge in [-0.2, -0.15) is 0 Å². The van der Waals surface area contributed by atoms with Crippen LogP contribution in [0.1, 0.15) is 5.56 Å². The predicted molar refractivity (Wildman–Crippen MR) is 84.4 cm³/mol. The van der Waals surface area contributed by atoms with Crippen LogP contribution in [0, 0.1) is 5.82 Å². The molecule has 1 aromatic carbocycles. The van der Waals surface area contributed by atoms with Crippen molar-refractivity contribution >= 4 is 23.4 Å². The van der Waals surface area contributed by atoms with E-state index in [2.05, 4.69) is 15.2 Å². The molecule has 0 aliphatic heterocycles. The van der Waals surface area contributed by atoms with Gasteiger partial charge in [0, 0.05) is 17.5 Å². The number of nitrogen functional groups attached to an aromatic ring is 1. The molecule has 5 nitrogen and oxygen atoms in total. The van der Waals surface area contributed by atoms with Crippen molar-refractivity contribution in [3.8, 4) is 11.4 Å². The highest BCUT2D eigenvalue weighted by molar-refractivity contribution is 7.98. The second kappa shape index (κ2) is 6.33. The molecule has 0 bridgehead atoms. The summed E-state index contributed by atoms with van der Waals surface area (Å²) in [5.41, 5.74) is 1.71. The standard InChI is InChI=1S/C14H11ClFN5S/c15-12-6-1-9(7-18-12)8-22-14-20-19-13(21(14)17)10-2-4-11(16)5-3-10/h1-7H,8,17H2. The van der Waals surface area contributed by atoms with Crippen LogP contribution in [0.2, 0.25) is 5.15 Å². The zero-order valence-corrected chi connectivity index (χ0v) is 12.9. The summed E-state index contributed by atoms with van der Waals surface area (Å²) >= 11 is 7.18. The smallest absolute Gasteiger partial charge is 0.210 e. The number of thioether (sulfide) groups is 1. The lowest BCUT2D eigenvalue weighted by Crippen LogP contribution is -2.11. The minimum atomic E-state index is -0.309. The fourth-order valence-electron chi connectivity index (χ4n) is 1.81. The van der Waals surface area contributed by atoms with Gasteiger partial charge in [-0.3, -0.25) is 0 Å². The molecule has 0 aliphatic carbocycles. The second-order valence-electron chi connectivity index (χ2n) is 4.46. The largest absolute Gasteiger partial charge is 0.335 e. The van der Waals surface area contributed by atoms with Crippen LogP contribution in [0.3, 0.4) is 0 Å². The maximum absolute atomic E-state index is 13.0. The summed E-state index contributed by atoms with van der Waals surface area (Å²) in [4.78, 5) is 4.02. The van der Waals surface area contributed by atoms with Gasteiger partial charge in [0.25, 0.3) is 0 Å². The van der Waals surface area contributed by atoms with Crippen molar-refractivity contribution in [3.63, 3.8) is 0 Å². The van der Waals surface area contributed by atoms with Crippen LogP contribution in [-0.2, 0) is 5.75 Å². The van der Waals surface area contributed by atoms with Gasteiger partial charge in [0.1, 0.15) is 11.0 Å². The van der Waals surface area contributed by atoms with Crippen LogP contribution in [0.4, 0.5) is 4.39 Å². The molecule has 2 aromatic heterocycles. The van der Waals surface area contributed by atoms with Gasteiger partial charge < -0.3 is 5.84 Å². The van der Waals surface area contributed by atoms with Gasteiger partial charge in [-0.1, -0.05) is 29.4 Å². The van der Waals surface area contributed by atoms with Gasteiger partial charge in [0.2, 0.25) is 5.16 Å². The number of nitrogens with zero attached hydrogens (tertiary/aromatic N) is 4. The molecule has 0 unspecified atom stereocenters. The number of rotatable bonds is 4. The molecule has 2 N–H and O–H groups in total. The Morgan fingerprint density at radius 1 is 1.14 bits per heavy atom. The Bertz CT molecular complexity index is 773. The first-order valence-corrected chi connectivity index (χ1v) is 7.69. The van der Waals surface area contributed by atoms with Crippen LogP contribution in [-0.4, -0.2) is 19.9 Å². The molecule has 3 rings (SSSR count). The van der Waals surface area contributed by atoms with Crippen molar-refractivity contribution in [2.24, 2.45) is 0 Å². The number of nitrogens with two attached hydrogens (primary N) is 1. The minimum absolute atomic E-state index is 0.309. The number of pyridine rings is 1. The molecule has 0 aliphatic rings. The third-order valence-corrected chi connectivity index (χ3v) is 4.16. The van der Waals surface area contributed by atoms with Gasteiger partial charge in [-0.25, -0.2) is 14.1 Å². The maximum Gasteiger partial charge on any atom is 0.210 e. The zero-order valence-electron chi connectivity index (χ0n) is 11.3. The van der Waals surface area contributed by atoms with E-state index in [1.54, 1.807) is 24.4 Å². The minimum Gasteiger partial charge on any atom is -0.335 e. The SMILES string of the molecule is Nn1c(SCc2ccc(Cl)nc2)nnc1-c1ccc(F)cc1. The number of hydrogen-bond donors (Lipinski definition) is 1. The summed E-state index contributed by atoms with van der Waals surface area (Å²) in [6.07, 6.45) is 1.70. The fourth-order valence-corrected chi connectivity index (χ4v) is 2.71. The molecule has 3 aromatic rings.